The second-order valence-electron chi connectivity index (χ2n) is 10.5. The van der Waals surface area contributed by atoms with E-state index in [1.165, 1.54) is 11.3 Å². The zero-order valence-electron chi connectivity index (χ0n) is 25.3. The standard InChI is InChI=1S/C32H39N7O3S/c1-22-21-43-29(34-22)20-39(4)31(41)25-13-9-12-24(17-25)30(40)35-26(16-23-10-7-6-8-11-23)14-15-33-19-27-18-28(42-5)37-32(36-27)38(2)3/h6-13,17-18,21,26,33H,14-16,19-20H2,1-5H3,(H,35,40)/t26-/m1/s1. The van der Waals surface area contributed by atoms with Gasteiger partial charge in [-0.1, -0.05) is 36.4 Å². The molecule has 1 atom stereocenters. The summed E-state index contributed by atoms with van der Waals surface area (Å²) in [6.45, 7) is 3.53. The molecule has 0 aliphatic carbocycles. The second kappa shape index (κ2) is 15.2. The third-order valence-corrected chi connectivity index (χ3v) is 7.70. The summed E-state index contributed by atoms with van der Waals surface area (Å²) in [5.41, 5.74) is 3.79. The molecule has 0 saturated heterocycles. The fourth-order valence-electron chi connectivity index (χ4n) is 4.50. The Kier molecular flexibility index (Phi) is 11.2. The van der Waals surface area contributed by atoms with Crippen molar-refractivity contribution in [1.29, 1.82) is 0 Å². The van der Waals surface area contributed by atoms with Gasteiger partial charge in [-0.2, -0.15) is 4.98 Å². The van der Waals surface area contributed by atoms with Crippen molar-refractivity contribution in [2.75, 3.05) is 39.7 Å². The van der Waals surface area contributed by atoms with Crippen LogP contribution in [0.3, 0.4) is 0 Å². The number of amides is 2. The van der Waals surface area contributed by atoms with Gasteiger partial charge in [0.1, 0.15) is 5.01 Å². The Morgan fingerprint density at radius 2 is 1.74 bits per heavy atom. The summed E-state index contributed by atoms with van der Waals surface area (Å²) in [4.78, 5) is 43.4. The van der Waals surface area contributed by atoms with Gasteiger partial charge < -0.3 is 25.2 Å². The van der Waals surface area contributed by atoms with Crippen molar-refractivity contribution in [3.8, 4) is 5.88 Å². The highest BCUT2D eigenvalue weighted by Gasteiger charge is 2.18. The molecule has 4 rings (SSSR count). The number of nitrogens with one attached hydrogen (secondary N) is 2. The smallest absolute Gasteiger partial charge is 0.253 e. The molecule has 0 aliphatic rings. The van der Waals surface area contributed by atoms with Crippen molar-refractivity contribution in [2.24, 2.45) is 0 Å². The number of carbonyl (C=O) groups is 2. The third kappa shape index (κ3) is 9.32. The van der Waals surface area contributed by atoms with Gasteiger partial charge in [0.05, 0.1) is 19.3 Å². The average Bonchev–Trinajstić information content (AvgIpc) is 3.43. The van der Waals surface area contributed by atoms with Gasteiger partial charge in [0.25, 0.3) is 11.8 Å². The van der Waals surface area contributed by atoms with Crippen LogP contribution in [-0.4, -0.2) is 72.5 Å². The van der Waals surface area contributed by atoms with Crippen LogP contribution in [0.2, 0.25) is 0 Å². The molecule has 4 aromatic rings. The van der Waals surface area contributed by atoms with Crippen LogP contribution in [0.1, 0.15) is 49.1 Å². The molecule has 0 aliphatic heterocycles. The van der Waals surface area contributed by atoms with E-state index >= 15 is 0 Å². The monoisotopic (exact) mass is 601 g/mol. The zero-order chi connectivity index (χ0) is 30.8. The zero-order valence-corrected chi connectivity index (χ0v) is 26.1. The van der Waals surface area contributed by atoms with Gasteiger partial charge in [0.2, 0.25) is 11.8 Å². The Hall–Kier alpha value is -4.35. The predicted octanol–water partition coefficient (Wildman–Crippen LogP) is 4.11. The highest BCUT2D eigenvalue weighted by atomic mass is 32.1. The largest absolute Gasteiger partial charge is 0.481 e. The maximum atomic E-state index is 13.4. The quantitative estimate of drug-likeness (QED) is 0.208. The Morgan fingerprint density at radius 3 is 2.44 bits per heavy atom. The van der Waals surface area contributed by atoms with Crippen LogP contribution >= 0.6 is 11.3 Å². The molecule has 0 fully saturated rings. The van der Waals surface area contributed by atoms with Gasteiger partial charge in [-0.15, -0.1) is 11.3 Å². The number of hydrogen-bond acceptors (Lipinski definition) is 9. The molecule has 2 aromatic heterocycles. The molecular formula is C32H39N7O3S. The van der Waals surface area contributed by atoms with E-state index < -0.39 is 0 Å². The molecule has 0 radical (unpaired) electrons. The number of methoxy groups -OCH3 is 1. The number of benzene rings is 2. The molecule has 2 N–H and O–H groups in total. The Morgan fingerprint density at radius 1 is 0.977 bits per heavy atom. The average molecular weight is 602 g/mol. The Bertz CT molecular complexity index is 1510. The normalized spacial score (nSPS) is 11.6. The van der Waals surface area contributed by atoms with Gasteiger partial charge in [-0.05, 0) is 50.1 Å². The number of carbonyl (C=O) groups excluding carboxylic acids is 2. The molecule has 226 valence electrons. The lowest BCUT2D eigenvalue weighted by atomic mass is 10.0. The minimum atomic E-state index is -0.218. The summed E-state index contributed by atoms with van der Waals surface area (Å²) in [5.74, 6) is 0.710. The fraction of sp³-hybridized carbons (Fsp3) is 0.344. The first-order chi connectivity index (χ1) is 20.7. The van der Waals surface area contributed by atoms with Gasteiger partial charge in [-0.25, -0.2) is 9.97 Å². The number of ether oxygens (including phenoxy) is 1. The summed E-state index contributed by atoms with van der Waals surface area (Å²) in [7, 11) is 7.10. The lowest BCUT2D eigenvalue weighted by Crippen LogP contribution is -2.38. The van der Waals surface area contributed by atoms with Crippen molar-refractivity contribution in [3.05, 3.63) is 99.1 Å². The first kappa shape index (κ1) is 31.6. The van der Waals surface area contributed by atoms with Crippen LogP contribution in [0.4, 0.5) is 5.95 Å². The Balaban J connectivity index is 1.40. The lowest BCUT2D eigenvalue weighted by Gasteiger charge is -2.20. The van der Waals surface area contributed by atoms with Gasteiger partial charge in [-0.3, -0.25) is 9.59 Å². The Labute approximate surface area is 257 Å². The molecule has 0 unspecified atom stereocenters. The molecule has 2 amide bonds. The minimum Gasteiger partial charge on any atom is -0.481 e. The summed E-state index contributed by atoms with van der Waals surface area (Å²) in [6.07, 6.45) is 1.37. The third-order valence-electron chi connectivity index (χ3n) is 6.75. The number of anilines is 1. The van der Waals surface area contributed by atoms with Crippen molar-refractivity contribution < 1.29 is 14.3 Å². The van der Waals surface area contributed by atoms with E-state index in [9.17, 15) is 9.59 Å². The molecule has 0 saturated carbocycles. The van der Waals surface area contributed by atoms with E-state index in [1.54, 1.807) is 43.3 Å². The van der Waals surface area contributed by atoms with Crippen molar-refractivity contribution in [3.63, 3.8) is 0 Å². The van der Waals surface area contributed by atoms with E-state index in [0.717, 1.165) is 22.0 Å². The maximum absolute atomic E-state index is 13.4. The topological polar surface area (TPSA) is 113 Å². The first-order valence-electron chi connectivity index (χ1n) is 14.1. The van der Waals surface area contributed by atoms with Gasteiger partial charge in [0, 0.05) is 62.0 Å². The van der Waals surface area contributed by atoms with Gasteiger partial charge in [0.15, 0.2) is 0 Å². The number of nitrogens with zero attached hydrogens (tertiary/aromatic N) is 5. The number of hydrogen-bond donors (Lipinski definition) is 2. The summed E-state index contributed by atoms with van der Waals surface area (Å²) in [5, 5.41) is 9.47. The number of aryl methyl sites for hydroxylation is 1. The van der Waals surface area contributed by atoms with Crippen LogP contribution in [0, 0.1) is 6.92 Å². The van der Waals surface area contributed by atoms with Crippen LogP contribution in [0.25, 0.3) is 0 Å². The SMILES string of the molecule is COc1cc(CNCC[C@H](Cc2ccccc2)NC(=O)c2cccc(C(=O)N(C)Cc3nc(C)cs3)c2)nc(N(C)C)n1. The van der Waals surface area contributed by atoms with E-state index in [2.05, 4.69) is 37.7 Å². The predicted molar refractivity (Wildman–Crippen MR) is 170 cm³/mol. The molecule has 0 spiro atoms. The highest BCUT2D eigenvalue weighted by Crippen LogP contribution is 2.16. The van der Waals surface area contributed by atoms with Crippen LogP contribution < -0.4 is 20.3 Å². The molecular weight excluding hydrogens is 562 g/mol. The summed E-state index contributed by atoms with van der Waals surface area (Å²) >= 11 is 1.53. The number of aromatic nitrogens is 3. The van der Waals surface area contributed by atoms with E-state index in [-0.39, 0.29) is 17.9 Å². The number of thiazole rings is 1. The minimum absolute atomic E-state index is 0.130. The molecule has 2 heterocycles. The molecule has 11 heteroatoms. The lowest BCUT2D eigenvalue weighted by molar-refractivity contribution is 0.0785. The first-order valence-corrected chi connectivity index (χ1v) is 15.0. The maximum Gasteiger partial charge on any atom is 0.253 e. The molecule has 43 heavy (non-hydrogen) atoms. The molecule has 2 aromatic carbocycles. The number of rotatable bonds is 14. The van der Waals surface area contributed by atoms with Gasteiger partial charge >= 0.3 is 0 Å². The van der Waals surface area contributed by atoms with E-state index in [1.807, 2.05) is 55.6 Å². The van der Waals surface area contributed by atoms with Crippen LogP contribution in [0.15, 0.2) is 66.0 Å². The second-order valence-corrected chi connectivity index (χ2v) is 11.5. The molecule has 0 bridgehead atoms. The fourth-order valence-corrected chi connectivity index (χ4v) is 5.33. The molecule has 10 nitrogen and oxygen atoms in total. The van der Waals surface area contributed by atoms with E-state index in [4.69, 9.17) is 4.74 Å². The summed E-state index contributed by atoms with van der Waals surface area (Å²) in [6, 6.07) is 18.6. The van der Waals surface area contributed by atoms with Crippen molar-refractivity contribution >= 4 is 29.1 Å². The van der Waals surface area contributed by atoms with Crippen LogP contribution in [-0.2, 0) is 19.5 Å². The van der Waals surface area contributed by atoms with Crippen LogP contribution in [0.5, 0.6) is 5.88 Å². The highest BCUT2D eigenvalue weighted by molar-refractivity contribution is 7.09. The van der Waals surface area contributed by atoms with Crippen molar-refractivity contribution in [2.45, 2.75) is 38.9 Å². The van der Waals surface area contributed by atoms with E-state index in [0.29, 0.717) is 55.4 Å². The van der Waals surface area contributed by atoms with Crippen molar-refractivity contribution in [1.82, 2.24) is 30.5 Å². The summed E-state index contributed by atoms with van der Waals surface area (Å²) < 4.78 is 5.33.